The first-order valence-electron chi connectivity index (χ1n) is 4.96. The first-order chi connectivity index (χ1) is 7.58. The van der Waals surface area contributed by atoms with E-state index >= 15 is 0 Å². The predicted molar refractivity (Wildman–Crippen MR) is 58.6 cm³/mol. The summed E-state index contributed by atoms with van der Waals surface area (Å²) >= 11 is 5.73. The number of benzene rings is 1. The molecule has 1 aromatic carbocycles. The molecule has 1 saturated heterocycles. The topological polar surface area (TPSA) is 40.5 Å². The SMILES string of the molecule is O=C(O)N1C[C@@H](F)[C@@H]1Cc1ccc(Cl)cc1. The van der Waals surface area contributed by atoms with Gasteiger partial charge < -0.3 is 5.11 Å². The molecule has 2 atom stereocenters. The maximum atomic E-state index is 13.2. The highest BCUT2D eigenvalue weighted by Crippen LogP contribution is 2.25. The molecule has 1 fully saturated rings. The second-order valence-corrected chi connectivity index (χ2v) is 4.29. The highest BCUT2D eigenvalue weighted by molar-refractivity contribution is 6.30. The molecule has 0 saturated carbocycles. The Labute approximate surface area is 97.4 Å². The summed E-state index contributed by atoms with van der Waals surface area (Å²) in [6.07, 6.45) is -1.73. The minimum Gasteiger partial charge on any atom is -0.465 e. The summed E-state index contributed by atoms with van der Waals surface area (Å²) < 4.78 is 13.2. The molecule has 0 aromatic heterocycles. The Bertz CT molecular complexity index is 395. The van der Waals surface area contributed by atoms with Gasteiger partial charge in [0.1, 0.15) is 6.17 Å². The lowest BCUT2D eigenvalue weighted by Gasteiger charge is -2.42. The quantitative estimate of drug-likeness (QED) is 0.867. The number of halogens is 2. The third-order valence-corrected chi connectivity index (χ3v) is 3.04. The monoisotopic (exact) mass is 243 g/mol. The van der Waals surface area contributed by atoms with E-state index in [9.17, 15) is 9.18 Å². The van der Waals surface area contributed by atoms with E-state index in [0.29, 0.717) is 11.4 Å². The van der Waals surface area contributed by atoms with Crippen molar-refractivity contribution in [3.8, 4) is 0 Å². The van der Waals surface area contributed by atoms with Crippen molar-refractivity contribution in [1.29, 1.82) is 0 Å². The summed E-state index contributed by atoms with van der Waals surface area (Å²) in [7, 11) is 0. The molecular weight excluding hydrogens is 233 g/mol. The number of carboxylic acid groups (broad SMARTS) is 1. The van der Waals surface area contributed by atoms with Crippen molar-refractivity contribution in [3.63, 3.8) is 0 Å². The van der Waals surface area contributed by atoms with Gasteiger partial charge in [-0.05, 0) is 24.1 Å². The maximum absolute atomic E-state index is 13.2. The van der Waals surface area contributed by atoms with Gasteiger partial charge >= 0.3 is 6.09 Å². The minimum absolute atomic E-state index is 0.0202. The van der Waals surface area contributed by atoms with Gasteiger partial charge in [0.05, 0.1) is 12.6 Å². The van der Waals surface area contributed by atoms with E-state index in [1.165, 1.54) is 0 Å². The van der Waals surface area contributed by atoms with Crippen molar-refractivity contribution >= 4 is 17.7 Å². The zero-order valence-corrected chi connectivity index (χ0v) is 9.19. The van der Waals surface area contributed by atoms with Gasteiger partial charge in [-0.15, -0.1) is 0 Å². The number of likely N-dealkylation sites (tertiary alicyclic amines) is 1. The van der Waals surface area contributed by atoms with Gasteiger partial charge in [-0.3, -0.25) is 4.90 Å². The normalized spacial score (nSPS) is 24.0. The number of nitrogens with zero attached hydrogens (tertiary/aromatic N) is 1. The molecule has 3 nitrogen and oxygen atoms in total. The largest absolute Gasteiger partial charge is 0.465 e. The van der Waals surface area contributed by atoms with Crippen LogP contribution in [0.25, 0.3) is 0 Å². The molecule has 1 aliphatic rings. The zero-order chi connectivity index (χ0) is 11.7. The number of carbonyl (C=O) groups is 1. The van der Waals surface area contributed by atoms with Crippen LogP contribution < -0.4 is 0 Å². The van der Waals surface area contributed by atoms with Gasteiger partial charge in [-0.2, -0.15) is 0 Å². The number of amides is 1. The second-order valence-electron chi connectivity index (χ2n) is 3.85. The molecule has 0 unspecified atom stereocenters. The van der Waals surface area contributed by atoms with Crippen LogP contribution >= 0.6 is 11.6 Å². The Hall–Kier alpha value is -1.29. The predicted octanol–water partition coefficient (Wildman–Crippen LogP) is 2.58. The van der Waals surface area contributed by atoms with Gasteiger partial charge in [0, 0.05) is 5.02 Å². The van der Waals surface area contributed by atoms with Gasteiger partial charge in [0.15, 0.2) is 0 Å². The van der Waals surface area contributed by atoms with Gasteiger partial charge in [-0.1, -0.05) is 23.7 Å². The summed E-state index contributed by atoms with van der Waals surface area (Å²) in [6, 6.07) is 6.45. The van der Waals surface area contributed by atoms with E-state index in [1.807, 2.05) is 0 Å². The first-order valence-corrected chi connectivity index (χ1v) is 5.34. The fraction of sp³-hybridized carbons (Fsp3) is 0.364. The summed E-state index contributed by atoms with van der Waals surface area (Å²) in [6.45, 7) is -0.0202. The average Bonchev–Trinajstić information content (AvgIpc) is 2.24. The Balaban J connectivity index is 2.03. The van der Waals surface area contributed by atoms with Crippen molar-refractivity contribution in [1.82, 2.24) is 4.90 Å². The van der Waals surface area contributed by atoms with Gasteiger partial charge in [0.2, 0.25) is 0 Å². The third-order valence-electron chi connectivity index (χ3n) is 2.79. The lowest BCUT2D eigenvalue weighted by Crippen LogP contribution is -2.60. The van der Waals surface area contributed by atoms with Crippen molar-refractivity contribution in [2.45, 2.75) is 18.6 Å². The molecule has 0 aliphatic carbocycles. The summed E-state index contributed by atoms with van der Waals surface area (Å²) in [5.74, 6) is 0. The first kappa shape index (κ1) is 11.2. The summed E-state index contributed by atoms with van der Waals surface area (Å²) in [4.78, 5) is 11.8. The molecule has 0 spiro atoms. The third kappa shape index (κ3) is 2.11. The van der Waals surface area contributed by atoms with Crippen LogP contribution in [0.3, 0.4) is 0 Å². The van der Waals surface area contributed by atoms with Gasteiger partial charge in [0.25, 0.3) is 0 Å². The molecule has 1 heterocycles. The van der Waals surface area contributed by atoms with Crippen LogP contribution in [0, 0.1) is 0 Å². The Morgan fingerprint density at radius 3 is 2.62 bits per heavy atom. The lowest BCUT2D eigenvalue weighted by atomic mass is 9.94. The van der Waals surface area contributed by atoms with Crippen LogP contribution in [0.15, 0.2) is 24.3 Å². The van der Waals surface area contributed by atoms with E-state index < -0.39 is 18.3 Å². The average molecular weight is 244 g/mol. The Kier molecular flexibility index (Phi) is 3.01. The molecule has 1 aromatic rings. The zero-order valence-electron chi connectivity index (χ0n) is 8.44. The van der Waals surface area contributed by atoms with Gasteiger partial charge in [-0.25, -0.2) is 9.18 Å². The maximum Gasteiger partial charge on any atom is 0.407 e. The number of rotatable bonds is 2. The van der Waals surface area contributed by atoms with E-state index in [4.69, 9.17) is 16.7 Å². The lowest BCUT2D eigenvalue weighted by molar-refractivity contribution is 0.00242. The smallest absolute Gasteiger partial charge is 0.407 e. The summed E-state index contributed by atoms with van der Waals surface area (Å²) in [5, 5.41) is 9.40. The van der Waals surface area contributed by atoms with E-state index in [1.54, 1.807) is 24.3 Å². The Morgan fingerprint density at radius 2 is 2.12 bits per heavy atom. The standard InChI is InChI=1S/C11H11ClFNO2/c12-8-3-1-7(2-4-8)5-10-9(13)6-14(10)11(15)16/h1-4,9-10H,5-6H2,(H,15,16)/t9-,10+/m1/s1. The van der Waals surface area contributed by atoms with E-state index in [0.717, 1.165) is 10.5 Å². The Morgan fingerprint density at radius 1 is 1.50 bits per heavy atom. The van der Waals surface area contributed by atoms with Crippen LogP contribution in [-0.2, 0) is 6.42 Å². The van der Waals surface area contributed by atoms with Crippen LogP contribution in [0.1, 0.15) is 5.56 Å². The summed E-state index contributed by atoms with van der Waals surface area (Å²) in [5.41, 5.74) is 0.892. The van der Waals surface area contributed by atoms with Crippen molar-refractivity contribution in [3.05, 3.63) is 34.9 Å². The fourth-order valence-electron chi connectivity index (χ4n) is 1.82. The molecule has 2 rings (SSSR count). The fourth-order valence-corrected chi connectivity index (χ4v) is 1.95. The van der Waals surface area contributed by atoms with E-state index in [2.05, 4.69) is 0 Å². The molecule has 86 valence electrons. The van der Waals surface area contributed by atoms with Crippen LogP contribution in [-0.4, -0.2) is 34.9 Å². The number of alkyl halides is 1. The highest BCUT2D eigenvalue weighted by Gasteiger charge is 2.42. The minimum atomic E-state index is -1.06. The van der Waals surface area contributed by atoms with Crippen molar-refractivity contribution in [2.24, 2.45) is 0 Å². The van der Waals surface area contributed by atoms with E-state index in [-0.39, 0.29) is 6.54 Å². The number of hydrogen-bond donors (Lipinski definition) is 1. The van der Waals surface area contributed by atoms with Crippen LogP contribution in [0.2, 0.25) is 5.02 Å². The molecule has 5 heteroatoms. The second kappa shape index (κ2) is 4.29. The molecule has 16 heavy (non-hydrogen) atoms. The molecular formula is C11H11ClFNO2. The van der Waals surface area contributed by atoms with Crippen molar-refractivity contribution in [2.75, 3.05) is 6.54 Å². The van der Waals surface area contributed by atoms with Crippen molar-refractivity contribution < 1.29 is 14.3 Å². The van der Waals surface area contributed by atoms with Crippen LogP contribution in [0.5, 0.6) is 0 Å². The molecule has 0 bridgehead atoms. The molecule has 1 aliphatic heterocycles. The molecule has 1 N–H and O–H groups in total. The van der Waals surface area contributed by atoms with Crippen LogP contribution in [0.4, 0.5) is 9.18 Å². The molecule has 1 amide bonds. The number of hydrogen-bond acceptors (Lipinski definition) is 1. The molecule has 0 radical (unpaired) electrons. The highest BCUT2D eigenvalue weighted by atomic mass is 35.5.